The zero-order chi connectivity index (χ0) is 14.1. The summed E-state index contributed by atoms with van der Waals surface area (Å²) in [6.07, 6.45) is 3.24. The molecule has 0 saturated carbocycles. The van der Waals surface area contributed by atoms with E-state index in [1.54, 1.807) is 0 Å². The van der Waals surface area contributed by atoms with Crippen LogP contribution in [0.1, 0.15) is 38.2 Å². The van der Waals surface area contributed by atoms with E-state index in [4.69, 9.17) is 21.1 Å². The molecule has 0 heterocycles. The Kier molecular flexibility index (Phi) is 7.34. The molecule has 1 aromatic carbocycles. The third kappa shape index (κ3) is 6.48. The number of esters is 1. The van der Waals surface area contributed by atoms with Crippen molar-refractivity contribution in [2.75, 3.05) is 13.2 Å². The van der Waals surface area contributed by atoms with E-state index in [2.05, 4.69) is 0 Å². The Bertz CT molecular complexity index is 404. The van der Waals surface area contributed by atoms with Gasteiger partial charge >= 0.3 is 5.97 Å². The SMILES string of the molecule is CCOC(=O)CCCCCOc1ccc(Cl)cc1C. The number of hydrogen-bond acceptors (Lipinski definition) is 3. The summed E-state index contributed by atoms with van der Waals surface area (Å²) in [6, 6.07) is 5.60. The predicted molar refractivity (Wildman–Crippen MR) is 76.8 cm³/mol. The van der Waals surface area contributed by atoms with Crippen LogP contribution < -0.4 is 4.74 Å². The molecule has 0 aromatic heterocycles. The molecule has 0 N–H and O–H groups in total. The summed E-state index contributed by atoms with van der Waals surface area (Å²) in [5, 5.41) is 0.722. The molecule has 0 aliphatic carbocycles. The van der Waals surface area contributed by atoms with Gasteiger partial charge in [-0.15, -0.1) is 0 Å². The molecule has 0 atom stereocenters. The van der Waals surface area contributed by atoms with E-state index >= 15 is 0 Å². The van der Waals surface area contributed by atoms with Crippen LogP contribution in [-0.4, -0.2) is 19.2 Å². The van der Waals surface area contributed by atoms with E-state index < -0.39 is 0 Å². The van der Waals surface area contributed by atoms with Crippen LogP contribution in [-0.2, 0) is 9.53 Å². The van der Waals surface area contributed by atoms with Crippen molar-refractivity contribution >= 4 is 17.6 Å². The Hall–Kier alpha value is -1.22. The topological polar surface area (TPSA) is 35.5 Å². The largest absolute Gasteiger partial charge is 0.493 e. The molecule has 0 saturated heterocycles. The van der Waals surface area contributed by atoms with E-state index in [0.29, 0.717) is 19.6 Å². The summed E-state index contributed by atoms with van der Waals surface area (Å²) in [4.78, 5) is 11.1. The van der Waals surface area contributed by atoms with Gasteiger partial charge in [0.25, 0.3) is 0 Å². The lowest BCUT2D eigenvalue weighted by Crippen LogP contribution is -2.04. The van der Waals surface area contributed by atoms with Gasteiger partial charge in [0.15, 0.2) is 0 Å². The van der Waals surface area contributed by atoms with E-state index in [-0.39, 0.29) is 5.97 Å². The number of halogens is 1. The minimum atomic E-state index is -0.114. The highest BCUT2D eigenvalue weighted by molar-refractivity contribution is 6.30. The molecule has 0 aliphatic rings. The molecule has 0 spiro atoms. The molecule has 4 heteroatoms. The monoisotopic (exact) mass is 284 g/mol. The Morgan fingerprint density at radius 2 is 2.05 bits per heavy atom. The Morgan fingerprint density at radius 1 is 1.26 bits per heavy atom. The number of ether oxygens (including phenoxy) is 2. The van der Waals surface area contributed by atoms with Crippen molar-refractivity contribution in [1.29, 1.82) is 0 Å². The second-order valence-electron chi connectivity index (χ2n) is 4.37. The average Bonchev–Trinajstić information content (AvgIpc) is 2.36. The van der Waals surface area contributed by atoms with Gasteiger partial charge in [0.1, 0.15) is 5.75 Å². The van der Waals surface area contributed by atoms with Gasteiger partial charge in [-0.2, -0.15) is 0 Å². The number of unbranched alkanes of at least 4 members (excludes halogenated alkanes) is 2. The molecule has 0 amide bonds. The molecule has 0 unspecified atom stereocenters. The third-order valence-electron chi connectivity index (χ3n) is 2.73. The Balaban J connectivity index is 2.12. The van der Waals surface area contributed by atoms with Crippen LogP contribution in [0.4, 0.5) is 0 Å². The maximum Gasteiger partial charge on any atom is 0.305 e. The molecule has 1 aromatic rings. The fourth-order valence-electron chi connectivity index (χ4n) is 1.74. The summed E-state index contributed by atoms with van der Waals surface area (Å²) < 4.78 is 10.5. The first-order valence-corrected chi connectivity index (χ1v) is 7.06. The lowest BCUT2D eigenvalue weighted by atomic mass is 10.2. The smallest absolute Gasteiger partial charge is 0.305 e. The van der Waals surface area contributed by atoms with Crippen molar-refractivity contribution in [3.05, 3.63) is 28.8 Å². The number of rotatable bonds is 8. The van der Waals surface area contributed by atoms with Crippen LogP contribution in [0.5, 0.6) is 5.75 Å². The lowest BCUT2D eigenvalue weighted by Gasteiger charge is -2.09. The molecule has 0 radical (unpaired) electrons. The van der Waals surface area contributed by atoms with Gasteiger partial charge in [0.05, 0.1) is 13.2 Å². The van der Waals surface area contributed by atoms with Gasteiger partial charge in [-0.25, -0.2) is 0 Å². The molecule has 0 aliphatic heterocycles. The number of hydrogen-bond donors (Lipinski definition) is 0. The van der Waals surface area contributed by atoms with Crippen LogP contribution in [0.25, 0.3) is 0 Å². The summed E-state index contributed by atoms with van der Waals surface area (Å²) in [5.74, 6) is 0.756. The fraction of sp³-hybridized carbons (Fsp3) is 0.533. The second kappa shape index (κ2) is 8.81. The highest BCUT2D eigenvalue weighted by atomic mass is 35.5. The van der Waals surface area contributed by atoms with Crippen LogP contribution in [0.2, 0.25) is 5.02 Å². The van der Waals surface area contributed by atoms with Crippen molar-refractivity contribution < 1.29 is 14.3 Å². The zero-order valence-corrected chi connectivity index (χ0v) is 12.3. The lowest BCUT2D eigenvalue weighted by molar-refractivity contribution is -0.143. The van der Waals surface area contributed by atoms with Gasteiger partial charge < -0.3 is 9.47 Å². The molecule has 1 rings (SSSR count). The van der Waals surface area contributed by atoms with Crippen molar-refractivity contribution in [2.24, 2.45) is 0 Å². The van der Waals surface area contributed by atoms with E-state index in [1.165, 1.54) is 0 Å². The molecular weight excluding hydrogens is 264 g/mol. The van der Waals surface area contributed by atoms with E-state index in [1.807, 2.05) is 32.0 Å². The van der Waals surface area contributed by atoms with Crippen molar-refractivity contribution in [3.8, 4) is 5.75 Å². The fourth-order valence-corrected chi connectivity index (χ4v) is 1.96. The number of benzene rings is 1. The quantitative estimate of drug-likeness (QED) is 0.531. The highest BCUT2D eigenvalue weighted by Gasteiger charge is 2.02. The number of aryl methyl sites for hydroxylation is 1. The maximum absolute atomic E-state index is 11.1. The standard InChI is InChI=1S/C15H21ClO3/c1-3-18-15(17)7-5-4-6-10-19-14-9-8-13(16)11-12(14)2/h8-9,11H,3-7,10H2,1-2H3. The predicted octanol–water partition coefficient (Wildman–Crippen LogP) is 4.15. The van der Waals surface area contributed by atoms with Gasteiger partial charge in [0.2, 0.25) is 0 Å². The van der Waals surface area contributed by atoms with Crippen molar-refractivity contribution in [3.63, 3.8) is 0 Å². The number of carbonyl (C=O) groups is 1. The molecular formula is C15H21ClO3. The minimum Gasteiger partial charge on any atom is -0.493 e. The average molecular weight is 285 g/mol. The van der Waals surface area contributed by atoms with Crippen molar-refractivity contribution in [2.45, 2.75) is 39.5 Å². The summed E-state index contributed by atoms with van der Waals surface area (Å²) in [6.45, 7) is 4.91. The highest BCUT2D eigenvalue weighted by Crippen LogP contribution is 2.22. The first-order valence-electron chi connectivity index (χ1n) is 6.68. The maximum atomic E-state index is 11.1. The van der Waals surface area contributed by atoms with Crippen LogP contribution in [0.15, 0.2) is 18.2 Å². The Labute approximate surface area is 119 Å². The normalized spacial score (nSPS) is 10.3. The number of carbonyl (C=O) groups excluding carboxylic acids is 1. The second-order valence-corrected chi connectivity index (χ2v) is 4.81. The molecule has 19 heavy (non-hydrogen) atoms. The van der Waals surface area contributed by atoms with Gasteiger partial charge in [-0.1, -0.05) is 11.6 Å². The first kappa shape index (κ1) is 15.8. The van der Waals surface area contributed by atoms with Crippen LogP contribution in [0.3, 0.4) is 0 Å². The molecule has 0 bridgehead atoms. The van der Waals surface area contributed by atoms with E-state index in [0.717, 1.165) is 35.6 Å². The van der Waals surface area contributed by atoms with Crippen molar-refractivity contribution in [1.82, 2.24) is 0 Å². The van der Waals surface area contributed by atoms with Crippen LogP contribution >= 0.6 is 11.6 Å². The Morgan fingerprint density at radius 3 is 2.74 bits per heavy atom. The molecule has 3 nitrogen and oxygen atoms in total. The van der Waals surface area contributed by atoms with E-state index in [9.17, 15) is 4.79 Å². The minimum absolute atomic E-state index is 0.114. The zero-order valence-electron chi connectivity index (χ0n) is 11.6. The third-order valence-corrected chi connectivity index (χ3v) is 2.96. The van der Waals surface area contributed by atoms with Gasteiger partial charge in [-0.3, -0.25) is 4.79 Å². The van der Waals surface area contributed by atoms with Gasteiger partial charge in [-0.05, 0) is 56.9 Å². The van der Waals surface area contributed by atoms with Gasteiger partial charge in [0, 0.05) is 11.4 Å². The summed E-state index contributed by atoms with van der Waals surface area (Å²) in [5.41, 5.74) is 1.04. The summed E-state index contributed by atoms with van der Waals surface area (Å²) >= 11 is 5.88. The molecule has 106 valence electrons. The van der Waals surface area contributed by atoms with Crippen LogP contribution in [0, 0.1) is 6.92 Å². The first-order chi connectivity index (χ1) is 9.13. The summed E-state index contributed by atoms with van der Waals surface area (Å²) in [7, 11) is 0. The molecule has 0 fully saturated rings.